The highest BCUT2D eigenvalue weighted by atomic mass is 16.6. The second kappa shape index (κ2) is 8.98. The molecule has 0 aliphatic carbocycles. The van der Waals surface area contributed by atoms with Gasteiger partial charge in [-0.15, -0.1) is 0 Å². The topological polar surface area (TPSA) is 96.4 Å². The summed E-state index contributed by atoms with van der Waals surface area (Å²) in [5, 5.41) is 10.2. The zero-order valence-electron chi connectivity index (χ0n) is 19.1. The molecule has 4 aliphatic heterocycles. The largest absolute Gasteiger partial charge is 0.461 e. The van der Waals surface area contributed by atoms with E-state index >= 15 is 0 Å². The molecule has 0 bridgehead atoms. The van der Waals surface area contributed by atoms with Gasteiger partial charge in [0.05, 0.1) is 24.7 Å². The highest BCUT2D eigenvalue weighted by Crippen LogP contribution is 2.54. The summed E-state index contributed by atoms with van der Waals surface area (Å²) in [6.45, 7) is 7.00. The van der Waals surface area contributed by atoms with Crippen LogP contribution in [0.25, 0.3) is 0 Å². The summed E-state index contributed by atoms with van der Waals surface area (Å²) in [6, 6.07) is -1.45. The van der Waals surface area contributed by atoms with E-state index in [0.29, 0.717) is 19.5 Å². The number of nitrogens with zero attached hydrogens (tertiary/aromatic N) is 2. The van der Waals surface area contributed by atoms with Gasteiger partial charge in [0.15, 0.2) is 0 Å². The fourth-order valence-electron chi connectivity index (χ4n) is 5.72. The summed E-state index contributed by atoms with van der Waals surface area (Å²) in [5.41, 5.74) is -1.25. The second-order valence-electron chi connectivity index (χ2n) is 9.65. The predicted molar refractivity (Wildman–Crippen MR) is 116 cm³/mol. The van der Waals surface area contributed by atoms with Crippen molar-refractivity contribution in [1.82, 2.24) is 9.80 Å². The lowest BCUT2D eigenvalue weighted by Gasteiger charge is -2.39. The monoisotopic (exact) mass is 446 g/mol. The Labute approximate surface area is 189 Å². The Kier molecular flexibility index (Phi) is 6.45. The molecule has 6 atom stereocenters. The molecular weight excluding hydrogens is 412 g/mol. The molecule has 0 aromatic rings. The molecule has 8 heteroatoms. The van der Waals surface area contributed by atoms with E-state index in [0.717, 1.165) is 12.8 Å². The molecule has 2 amide bonds. The first-order valence-corrected chi connectivity index (χ1v) is 11.8. The van der Waals surface area contributed by atoms with Crippen LogP contribution in [0.3, 0.4) is 0 Å². The average molecular weight is 447 g/mol. The van der Waals surface area contributed by atoms with Crippen LogP contribution in [0.15, 0.2) is 24.3 Å². The number of cyclic esters (lactones) is 1. The minimum atomic E-state index is -1.25. The minimum Gasteiger partial charge on any atom is -0.461 e. The van der Waals surface area contributed by atoms with Gasteiger partial charge < -0.3 is 24.4 Å². The van der Waals surface area contributed by atoms with Gasteiger partial charge in [-0.3, -0.25) is 14.4 Å². The van der Waals surface area contributed by atoms with Crippen LogP contribution in [0.1, 0.15) is 40.0 Å². The maximum atomic E-state index is 13.9. The Morgan fingerprint density at radius 3 is 2.69 bits per heavy atom. The number of ether oxygens (including phenoxy) is 2. The number of fused-ring (bicyclic) bond motifs is 2. The quantitative estimate of drug-likeness (QED) is 0.468. The lowest BCUT2D eigenvalue weighted by atomic mass is 9.78. The van der Waals surface area contributed by atoms with Crippen LogP contribution >= 0.6 is 0 Å². The van der Waals surface area contributed by atoms with E-state index in [1.54, 1.807) is 17.1 Å². The van der Waals surface area contributed by atoms with E-state index in [1.807, 2.05) is 26.0 Å². The van der Waals surface area contributed by atoms with Crippen molar-refractivity contribution in [2.75, 3.05) is 26.3 Å². The second-order valence-corrected chi connectivity index (χ2v) is 9.65. The molecule has 0 aromatic carbocycles. The Bertz CT molecular complexity index is 823. The maximum absolute atomic E-state index is 13.9. The third-order valence-corrected chi connectivity index (χ3v) is 7.06. The molecule has 4 aliphatic rings. The minimum absolute atomic E-state index is 0.141. The first-order chi connectivity index (χ1) is 15.4. The first-order valence-electron chi connectivity index (χ1n) is 11.8. The summed E-state index contributed by atoms with van der Waals surface area (Å²) < 4.78 is 11.8. The fourth-order valence-corrected chi connectivity index (χ4v) is 5.72. The number of unbranched alkanes of at least 4 members (excludes halogenated alkanes) is 1. The predicted octanol–water partition coefficient (Wildman–Crippen LogP) is 1.29. The number of amides is 2. The number of hydrogen-bond acceptors (Lipinski definition) is 6. The summed E-state index contributed by atoms with van der Waals surface area (Å²) in [5.74, 6) is -2.44. The van der Waals surface area contributed by atoms with Crippen LogP contribution < -0.4 is 0 Å². The van der Waals surface area contributed by atoms with E-state index in [9.17, 15) is 19.5 Å². The normalized spacial score (nSPS) is 34.8. The highest BCUT2D eigenvalue weighted by Gasteiger charge is 2.72. The molecule has 4 rings (SSSR count). The molecule has 0 saturated carbocycles. The van der Waals surface area contributed by atoms with Crippen molar-refractivity contribution in [1.29, 1.82) is 0 Å². The van der Waals surface area contributed by atoms with Crippen LogP contribution in [-0.2, 0) is 23.9 Å². The Morgan fingerprint density at radius 1 is 1.22 bits per heavy atom. The van der Waals surface area contributed by atoms with Crippen molar-refractivity contribution >= 4 is 17.8 Å². The van der Waals surface area contributed by atoms with Crippen molar-refractivity contribution < 1.29 is 29.0 Å². The molecule has 2 saturated heterocycles. The zero-order valence-corrected chi connectivity index (χ0v) is 19.1. The van der Waals surface area contributed by atoms with Crippen LogP contribution in [0, 0.1) is 17.8 Å². The van der Waals surface area contributed by atoms with Gasteiger partial charge in [0, 0.05) is 13.1 Å². The Balaban J connectivity index is 1.82. The summed E-state index contributed by atoms with van der Waals surface area (Å²) in [4.78, 5) is 44.0. The molecule has 1 unspecified atom stereocenters. The summed E-state index contributed by atoms with van der Waals surface area (Å²) in [7, 11) is 0. The first kappa shape index (κ1) is 23.0. The number of rotatable bonds is 7. The van der Waals surface area contributed by atoms with Crippen LogP contribution in [0.5, 0.6) is 0 Å². The van der Waals surface area contributed by atoms with Gasteiger partial charge in [-0.05, 0) is 24.8 Å². The number of likely N-dealkylation sites (tertiary alicyclic amines) is 1. The number of hydrogen-bond donors (Lipinski definition) is 1. The number of carbonyl (C=O) groups is 3. The van der Waals surface area contributed by atoms with Gasteiger partial charge in [-0.25, -0.2) is 0 Å². The standard InChI is InChI=1S/C24H34N2O6/c1-4-5-10-25-11-7-9-24-19(18-17(32-24)8-6-12-31-23(18)30)21(28)26(20(24)22(25)29)16(14-27)13-15(2)3/h6-9,15-20,27H,4-5,10-14H2,1-3H3/t16-,17+,18-,19+,20?,24+/m1/s1. The van der Waals surface area contributed by atoms with E-state index in [-0.39, 0.29) is 30.9 Å². The van der Waals surface area contributed by atoms with E-state index in [1.165, 1.54) is 4.90 Å². The van der Waals surface area contributed by atoms with Crippen molar-refractivity contribution in [2.24, 2.45) is 17.8 Å². The molecule has 176 valence electrons. The Morgan fingerprint density at radius 2 is 2.00 bits per heavy atom. The van der Waals surface area contributed by atoms with E-state index in [4.69, 9.17) is 9.47 Å². The zero-order chi connectivity index (χ0) is 23.0. The SMILES string of the molecule is CCCCN1CC=C[C@]23O[C@H]4C=CCOC(=O)[C@H]4[C@H]2C(=O)N([C@@H](CO)CC(C)C)C3C1=O. The van der Waals surface area contributed by atoms with Gasteiger partial charge in [0.1, 0.15) is 24.2 Å². The van der Waals surface area contributed by atoms with Crippen molar-refractivity contribution in [2.45, 2.75) is 63.8 Å². The molecule has 32 heavy (non-hydrogen) atoms. The highest BCUT2D eigenvalue weighted by molar-refractivity contribution is 5.99. The van der Waals surface area contributed by atoms with E-state index in [2.05, 4.69) is 6.92 Å². The van der Waals surface area contributed by atoms with Gasteiger partial charge in [-0.2, -0.15) is 0 Å². The Hall–Kier alpha value is -2.19. The fraction of sp³-hybridized carbons (Fsp3) is 0.708. The third-order valence-electron chi connectivity index (χ3n) is 7.06. The van der Waals surface area contributed by atoms with Crippen molar-refractivity contribution in [3.05, 3.63) is 24.3 Å². The third kappa shape index (κ3) is 3.57. The molecule has 4 heterocycles. The van der Waals surface area contributed by atoms with Gasteiger partial charge in [0.25, 0.3) is 0 Å². The number of esters is 1. The van der Waals surface area contributed by atoms with Gasteiger partial charge >= 0.3 is 5.97 Å². The number of carbonyl (C=O) groups excluding carboxylic acids is 3. The maximum Gasteiger partial charge on any atom is 0.313 e. The molecule has 0 aromatic heterocycles. The molecule has 0 radical (unpaired) electrons. The van der Waals surface area contributed by atoms with Gasteiger partial charge in [-0.1, -0.05) is 45.4 Å². The lowest BCUT2D eigenvalue weighted by Crippen LogP contribution is -2.58. The van der Waals surface area contributed by atoms with Crippen molar-refractivity contribution in [3.8, 4) is 0 Å². The molecule has 2 fully saturated rings. The molecule has 8 nitrogen and oxygen atoms in total. The molecule has 1 spiro atoms. The van der Waals surface area contributed by atoms with Crippen LogP contribution in [-0.4, -0.2) is 82.8 Å². The van der Waals surface area contributed by atoms with Gasteiger partial charge in [0.2, 0.25) is 11.8 Å². The van der Waals surface area contributed by atoms with E-state index < -0.39 is 41.6 Å². The average Bonchev–Trinajstić information content (AvgIpc) is 3.06. The van der Waals surface area contributed by atoms with Crippen LogP contribution in [0.4, 0.5) is 0 Å². The summed E-state index contributed by atoms with van der Waals surface area (Å²) in [6.07, 6.45) is 8.92. The smallest absolute Gasteiger partial charge is 0.313 e. The lowest BCUT2D eigenvalue weighted by molar-refractivity contribution is -0.155. The number of aliphatic hydroxyl groups excluding tert-OH is 1. The number of aliphatic hydroxyl groups is 1. The summed E-state index contributed by atoms with van der Waals surface area (Å²) >= 11 is 0. The molecular formula is C24H34N2O6. The van der Waals surface area contributed by atoms with Crippen LogP contribution in [0.2, 0.25) is 0 Å². The van der Waals surface area contributed by atoms with Crippen molar-refractivity contribution in [3.63, 3.8) is 0 Å². The molecule has 1 N–H and O–H groups in total.